The van der Waals surface area contributed by atoms with Gasteiger partial charge in [0.15, 0.2) is 17.7 Å². The highest BCUT2D eigenvalue weighted by Crippen LogP contribution is 2.29. The summed E-state index contributed by atoms with van der Waals surface area (Å²) in [5, 5.41) is 2.45. The second-order valence-electron chi connectivity index (χ2n) is 7.50. The van der Waals surface area contributed by atoms with Crippen molar-refractivity contribution in [2.24, 2.45) is 0 Å². The average Bonchev–Trinajstić information content (AvgIpc) is 2.73. The molecule has 2 aliphatic heterocycles. The Balaban J connectivity index is 1.66. The van der Waals surface area contributed by atoms with Gasteiger partial charge < -0.3 is 24.3 Å². The first-order chi connectivity index (χ1) is 14.8. The standard InChI is InChI=1S/C21H21F2N3O5/c1-11-5-6-31-16-10-25-9-14(18(27)19(30-2)17(25)21(29)26(11)16)20(28)24-8-12-3-4-13(22)7-15(12)23/h3-4,7,9,11,16H,5-6,8,10H2,1-2H3,(H,24,28)/t11?,16-/m1/s1. The van der Waals surface area contributed by atoms with E-state index in [0.29, 0.717) is 19.1 Å². The molecule has 1 saturated heterocycles. The van der Waals surface area contributed by atoms with Crippen molar-refractivity contribution >= 4 is 11.8 Å². The molecule has 1 fully saturated rings. The predicted molar refractivity (Wildman–Crippen MR) is 105 cm³/mol. The molecule has 8 nitrogen and oxygen atoms in total. The number of fused-ring (bicyclic) bond motifs is 2. The van der Waals surface area contributed by atoms with Crippen LogP contribution in [0.2, 0.25) is 0 Å². The number of halogens is 2. The molecule has 3 heterocycles. The summed E-state index contributed by atoms with van der Waals surface area (Å²) in [6.45, 7) is 2.39. The van der Waals surface area contributed by atoms with Crippen LogP contribution in [0.3, 0.4) is 0 Å². The Morgan fingerprint density at radius 3 is 2.81 bits per heavy atom. The number of hydrogen-bond donors (Lipinski definition) is 1. The number of nitrogens with zero attached hydrogens (tertiary/aromatic N) is 2. The Bertz CT molecular complexity index is 1120. The fraction of sp³-hybridized carbons (Fsp3) is 0.381. The number of rotatable bonds is 4. The van der Waals surface area contributed by atoms with Crippen LogP contribution in [0, 0.1) is 11.6 Å². The van der Waals surface area contributed by atoms with Gasteiger partial charge >= 0.3 is 0 Å². The molecule has 1 aromatic carbocycles. The van der Waals surface area contributed by atoms with Crippen LogP contribution >= 0.6 is 0 Å². The monoisotopic (exact) mass is 433 g/mol. The first kappa shape index (κ1) is 21.0. The number of pyridine rings is 1. The number of methoxy groups -OCH3 is 1. The van der Waals surface area contributed by atoms with E-state index in [0.717, 1.165) is 6.07 Å². The van der Waals surface area contributed by atoms with Crippen LogP contribution < -0.4 is 15.5 Å². The Morgan fingerprint density at radius 1 is 1.32 bits per heavy atom. The Morgan fingerprint density at radius 2 is 2.10 bits per heavy atom. The molecule has 0 radical (unpaired) electrons. The van der Waals surface area contributed by atoms with Crippen LogP contribution in [0.15, 0.2) is 29.2 Å². The lowest BCUT2D eigenvalue weighted by atomic mass is 10.1. The van der Waals surface area contributed by atoms with Crippen molar-refractivity contribution in [3.8, 4) is 5.75 Å². The maximum absolute atomic E-state index is 13.8. The lowest BCUT2D eigenvalue weighted by molar-refractivity contribution is -0.112. The summed E-state index contributed by atoms with van der Waals surface area (Å²) in [6.07, 6.45) is 1.45. The van der Waals surface area contributed by atoms with Crippen LogP contribution in [0.5, 0.6) is 5.75 Å². The quantitative estimate of drug-likeness (QED) is 0.792. The summed E-state index contributed by atoms with van der Waals surface area (Å²) < 4.78 is 39.3. The fourth-order valence-corrected chi connectivity index (χ4v) is 3.93. The van der Waals surface area contributed by atoms with Crippen LogP contribution in [0.1, 0.15) is 39.8 Å². The molecule has 0 aliphatic carbocycles. The van der Waals surface area contributed by atoms with Crippen molar-refractivity contribution in [2.75, 3.05) is 13.7 Å². The van der Waals surface area contributed by atoms with E-state index in [4.69, 9.17) is 9.47 Å². The summed E-state index contributed by atoms with van der Waals surface area (Å²) in [7, 11) is 1.25. The van der Waals surface area contributed by atoms with Gasteiger partial charge in [-0.15, -0.1) is 0 Å². The van der Waals surface area contributed by atoms with Gasteiger partial charge in [0.1, 0.15) is 17.2 Å². The van der Waals surface area contributed by atoms with Crippen molar-refractivity contribution in [3.05, 3.63) is 63.1 Å². The summed E-state index contributed by atoms with van der Waals surface area (Å²) in [5.74, 6) is -2.95. The van der Waals surface area contributed by atoms with E-state index >= 15 is 0 Å². The number of aromatic nitrogens is 1. The van der Waals surface area contributed by atoms with Crippen molar-refractivity contribution in [1.29, 1.82) is 0 Å². The zero-order valence-electron chi connectivity index (χ0n) is 17.0. The Hall–Kier alpha value is -3.27. The van der Waals surface area contributed by atoms with E-state index < -0.39 is 35.1 Å². The van der Waals surface area contributed by atoms with Crippen molar-refractivity contribution in [2.45, 2.75) is 38.7 Å². The molecule has 2 amide bonds. The van der Waals surface area contributed by atoms with Crippen LogP contribution in [0.4, 0.5) is 8.78 Å². The van der Waals surface area contributed by atoms with Gasteiger partial charge in [-0.3, -0.25) is 14.4 Å². The van der Waals surface area contributed by atoms with Crippen molar-refractivity contribution in [1.82, 2.24) is 14.8 Å². The number of benzene rings is 1. The molecule has 0 spiro atoms. The highest BCUT2D eigenvalue weighted by atomic mass is 19.1. The second kappa shape index (κ2) is 8.10. The van der Waals surface area contributed by atoms with E-state index in [-0.39, 0.29) is 41.7 Å². The van der Waals surface area contributed by atoms with E-state index in [1.165, 1.54) is 23.9 Å². The molecule has 1 unspecified atom stereocenters. The molecule has 2 aromatic rings. The zero-order valence-corrected chi connectivity index (χ0v) is 17.0. The summed E-state index contributed by atoms with van der Waals surface area (Å²) in [6, 6.07) is 2.93. The third kappa shape index (κ3) is 3.67. The zero-order chi connectivity index (χ0) is 22.3. The molecule has 164 valence electrons. The van der Waals surface area contributed by atoms with Gasteiger partial charge in [-0.05, 0) is 19.4 Å². The molecule has 0 bridgehead atoms. The molecule has 1 N–H and O–H groups in total. The largest absolute Gasteiger partial charge is 0.491 e. The molecule has 1 aromatic heterocycles. The molecular weight excluding hydrogens is 412 g/mol. The Kier molecular flexibility index (Phi) is 5.48. The minimum Gasteiger partial charge on any atom is -0.491 e. The van der Waals surface area contributed by atoms with Crippen LogP contribution in [-0.4, -0.2) is 47.3 Å². The minimum absolute atomic E-state index is 0.0576. The SMILES string of the molecule is COc1c2n(cc(C(=O)NCc3ccc(F)cc3F)c1=O)C[C@H]1OCCC(C)N1C2=O. The molecule has 31 heavy (non-hydrogen) atoms. The number of nitrogens with one attached hydrogen (secondary N) is 1. The average molecular weight is 433 g/mol. The molecule has 2 atom stereocenters. The summed E-state index contributed by atoms with van der Waals surface area (Å²) >= 11 is 0. The van der Waals surface area contributed by atoms with Gasteiger partial charge in [0.2, 0.25) is 5.43 Å². The maximum atomic E-state index is 13.8. The van der Waals surface area contributed by atoms with E-state index in [1.54, 1.807) is 4.90 Å². The van der Waals surface area contributed by atoms with Gasteiger partial charge in [0, 0.05) is 30.4 Å². The van der Waals surface area contributed by atoms with Gasteiger partial charge in [-0.25, -0.2) is 8.78 Å². The topological polar surface area (TPSA) is 89.9 Å². The normalized spacial score (nSPS) is 20.1. The lowest BCUT2D eigenvalue weighted by Gasteiger charge is -2.44. The fourth-order valence-electron chi connectivity index (χ4n) is 3.93. The summed E-state index contributed by atoms with van der Waals surface area (Å²) in [5.41, 5.74) is -0.881. The molecule has 0 saturated carbocycles. The van der Waals surface area contributed by atoms with Gasteiger partial charge in [0.05, 0.1) is 20.3 Å². The number of ether oxygens (including phenoxy) is 2. The first-order valence-electron chi connectivity index (χ1n) is 9.79. The maximum Gasteiger partial charge on any atom is 0.276 e. The van der Waals surface area contributed by atoms with E-state index in [9.17, 15) is 23.2 Å². The van der Waals surface area contributed by atoms with Gasteiger partial charge in [-0.1, -0.05) is 6.07 Å². The van der Waals surface area contributed by atoms with Gasteiger partial charge in [0.25, 0.3) is 11.8 Å². The Labute approximate surface area is 176 Å². The smallest absolute Gasteiger partial charge is 0.276 e. The lowest BCUT2D eigenvalue weighted by Crippen LogP contribution is -2.57. The third-order valence-corrected chi connectivity index (χ3v) is 5.56. The molecular formula is C21H21F2N3O5. The van der Waals surface area contributed by atoms with E-state index in [1.807, 2.05) is 6.92 Å². The highest BCUT2D eigenvalue weighted by Gasteiger charge is 2.41. The van der Waals surface area contributed by atoms with Crippen LogP contribution in [0.25, 0.3) is 0 Å². The number of carbonyl (C=O) groups is 2. The first-order valence-corrected chi connectivity index (χ1v) is 9.79. The van der Waals surface area contributed by atoms with Crippen LogP contribution in [-0.2, 0) is 17.8 Å². The van der Waals surface area contributed by atoms with Crippen molar-refractivity contribution < 1.29 is 27.8 Å². The second-order valence-corrected chi connectivity index (χ2v) is 7.50. The molecule has 4 rings (SSSR count). The number of hydrogen-bond acceptors (Lipinski definition) is 5. The van der Waals surface area contributed by atoms with Gasteiger partial charge in [-0.2, -0.15) is 0 Å². The minimum atomic E-state index is -0.811. The predicted octanol–water partition coefficient (Wildman–Crippen LogP) is 1.66. The number of amides is 2. The molecule has 10 heteroatoms. The van der Waals surface area contributed by atoms with E-state index in [2.05, 4.69) is 5.32 Å². The molecule has 2 aliphatic rings. The summed E-state index contributed by atoms with van der Waals surface area (Å²) in [4.78, 5) is 40.2. The highest BCUT2D eigenvalue weighted by molar-refractivity contribution is 5.99. The van der Waals surface area contributed by atoms with Crippen molar-refractivity contribution in [3.63, 3.8) is 0 Å². The number of carbonyl (C=O) groups excluding carboxylic acids is 2. The third-order valence-electron chi connectivity index (χ3n) is 5.56.